The maximum Gasteiger partial charge on any atom is 0.303 e. The Balaban J connectivity index is 1.19. The first-order valence-corrected chi connectivity index (χ1v) is 45.5. The highest BCUT2D eigenvalue weighted by Gasteiger charge is 2.46. The number of aromatic nitrogens is 2. The average molecular weight is 1860 g/mol. The van der Waals surface area contributed by atoms with Crippen LogP contribution in [0.2, 0.25) is 0 Å². The number of primary amides is 1. The second-order valence-corrected chi connectivity index (χ2v) is 34.5. The van der Waals surface area contributed by atoms with Crippen LogP contribution in [0.1, 0.15) is 141 Å². The van der Waals surface area contributed by atoms with E-state index < -0.39 is 248 Å². The summed E-state index contributed by atoms with van der Waals surface area (Å²) in [6, 6.07) is -2.12. The van der Waals surface area contributed by atoms with Gasteiger partial charge in [0.25, 0.3) is 0 Å². The van der Waals surface area contributed by atoms with Crippen molar-refractivity contribution < 1.29 is 102 Å². The van der Waals surface area contributed by atoms with Gasteiger partial charge in [-0.3, -0.25) is 86.9 Å². The van der Waals surface area contributed by atoms with Gasteiger partial charge >= 0.3 is 5.97 Å². The summed E-state index contributed by atoms with van der Waals surface area (Å²) in [4.78, 5) is 259. The number of aliphatic hydroxyl groups excluding tert-OH is 2. The maximum atomic E-state index is 15.8. The van der Waals surface area contributed by atoms with Gasteiger partial charge in [0.1, 0.15) is 90.3 Å². The van der Waals surface area contributed by atoms with Crippen LogP contribution in [0.5, 0.6) is 5.75 Å². The van der Waals surface area contributed by atoms with Crippen LogP contribution in [0, 0.1) is 5.41 Å². The van der Waals surface area contributed by atoms with Gasteiger partial charge in [0, 0.05) is 113 Å². The molecular formula is C88H126N22O21S. The van der Waals surface area contributed by atoms with E-state index in [9.17, 15) is 73.2 Å². The molecule has 44 heteroatoms. The zero-order valence-corrected chi connectivity index (χ0v) is 76.0. The summed E-state index contributed by atoms with van der Waals surface area (Å²) in [5.74, 6) is -18.0. The quantitative estimate of drug-likeness (QED) is 0.0147. The van der Waals surface area contributed by atoms with E-state index in [0.29, 0.717) is 70.6 Å². The molecule has 0 radical (unpaired) electrons. The van der Waals surface area contributed by atoms with Crippen LogP contribution in [0.15, 0.2) is 85.2 Å². The van der Waals surface area contributed by atoms with Crippen LogP contribution in [-0.2, 0) is 101 Å². The summed E-state index contributed by atoms with van der Waals surface area (Å²) in [6.45, 7) is 3.67. The van der Waals surface area contributed by atoms with Crippen molar-refractivity contribution in [1.29, 1.82) is 5.41 Å². The van der Waals surface area contributed by atoms with E-state index in [-0.39, 0.29) is 89.6 Å². The molecule has 3 saturated heterocycles. The van der Waals surface area contributed by atoms with Gasteiger partial charge < -0.3 is 131 Å². The number of likely N-dealkylation sites (N-methyl/N-ethyl adjacent to an activating group) is 3. The minimum atomic E-state index is -1.92. The molecule has 3 aliphatic heterocycles. The third kappa shape index (κ3) is 29.3. The lowest BCUT2D eigenvalue weighted by molar-refractivity contribution is -0.149. The van der Waals surface area contributed by atoms with E-state index in [2.05, 4.69) is 68.5 Å². The highest BCUT2D eigenvalue weighted by molar-refractivity contribution is 8.00. The summed E-state index contributed by atoms with van der Waals surface area (Å²) in [5.41, 5.74) is 19.7. The van der Waals surface area contributed by atoms with Crippen LogP contribution in [0.4, 0.5) is 0 Å². The maximum absolute atomic E-state index is 15.8. The predicted octanol–water partition coefficient (Wildman–Crippen LogP) is -3.19. The molecule has 5 aromatic rings. The Morgan fingerprint density at radius 1 is 0.538 bits per heavy atom. The molecule has 3 fully saturated rings. The topological polar surface area (TPSA) is 653 Å². The normalized spacial score (nSPS) is 25.0. The van der Waals surface area contributed by atoms with Crippen molar-refractivity contribution in [3.05, 3.63) is 102 Å². The van der Waals surface area contributed by atoms with Gasteiger partial charge in [-0.2, -0.15) is 0 Å². The molecule has 16 amide bonds. The van der Waals surface area contributed by atoms with Crippen LogP contribution in [0.25, 0.3) is 21.8 Å². The minimum absolute atomic E-state index is 0.00903. The van der Waals surface area contributed by atoms with Gasteiger partial charge in [-0.05, 0) is 113 Å². The van der Waals surface area contributed by atoms with Gasteiger partial charge in [-0.25, -0.2) is 0 Å². The summed E-state index contributed by atoms with van der Waals surface area (Å²) in [6.07, 6.45) is 1.30. The number of amides is 16. The zero-order chi connectivity index (χ0) is 96.7. The number of aromatic hydroxyl groups is 1. The summed E-state index contributed by atoms with van der Waals surface area (Å²) >= 11 is 0.776. The van der Waals surface area contributed by atoms with Crippen molar-refractivity contribution in [3.8, 4) is 5.75 Å². The Hall–Kier alpha value is -13.0. The number of para-hydroxylation sites is 2. The molecule has 0 aliphatic carbocycles. The fraction of sp³-hybridized carbons (Fsp3) is 0.545. The lowest BCUT2D eigenvalue weighted by Gasteiger charge is -2.36. The molecule has 0 spiro atoms. The number of phenolic OH excluding ortho intramolecular Hbond substituents is 1. The number of aromatic amines is 2. The molecular weight excluding hydrogens is 1730 g/mol. The molecule has 24 N–H and O–H groups in total. The first-order valence-electron chi connectivity index (χ1n) is 44.3. The number of fused-ring (bicyclic) bond motifs is 4. The molecule has 3 aliphatic rings. The van der Waals surface area contributed by atoms with Crippen molar-refractivity contribution in [2.45, 2.75) is 234 Å². The van der Waals surface area contributed by atoms with Gasteiger partial charge in [0.05, 0.1) is 25.0 Å². The van der Waals surface area contributed by atoms with E-state index in [1.165, 1.54) is 64.2 Å². The van der Waals surface area contributed by atoms with E-state index in [1.54, 1.807) is 60.9 Å². The number of rotatable bonds is 26. The minimum Gasteiger partial charge on any atom is -0.508 e. The first kappa shape index (κ1) is 104. The number of nitrogens with zero attached hydrogens (tertiary/aromatic N) is 5. The second-order valence-electron chi connectivity index (χ2n) is 33.4. The van der Waals surface area contributed by atoms with Crippen molar-refractivity contribution in [1.82, 2.24) is 93.0 Å². The number of aliphatic carboxylic acids is 1. The van der Waals surface area contributed by atoms with Gasteiger partial charge in [0.2, 0.25) is 94.5 Å². The summed E-state index contributed by atoms with van der Waals surface area (Å²) in [7, 11) is 3.94. The molecule has 132 heavy (non-hydrogen) atoms. The number of carbonyl (C=O) groups is 17. The van der Waals surface area contributed by atoms with E-state index in [1.807, 2.05) is 13.8 Å². The van der Waals surface area contributed by atoms with Gasteiger partial charge in [-0.15, -0.1) is 11.8 Å². The third-order valence-electron chi connectivity index (χ3n) is 23.7. The Labute approximate surface area is 767 Å². The number of benzene rings is 3. The monoisotopic (exact) mass is 1860 g/mol. The van der Waals surface area contributed by atoms with Crippen LogP contribution >= 0.6 is 11.8 Å². The van der Waals surface area contributed by atoms with E-state index in [4.69, 9.17) is 22.6 Å². The lowest BCUT2D eigenvalue weighted by atomic mass is 9.99. The number of carbonyl (C=O) groups excluding carboxylic acids is 16. The number of unbranched alkanes of at least 4 members (excludes halogenated alkanes) is 3. The van der Waals surface area contributed by atoms with Crippen molar-refractivity contribution >= 4 is 140 Å². The number of hydrogen-bond acceptors (Lipinski definition) is 23. The number of phenols is 1. The van der Waals surface area contributed by atoms with Crippen molar-refractivity contribution in [3.63, 3.8) is 0 Å². The number of guanidine groups is 1. The third-order valence-corrected chi connectivity index (χ3v) is 24.7. The molecule has 0 bridgehead atoms. The number of thioether (sulfide) groups is 1. The number of carboxylic acids is 1. The SMILES string of the molecule is CCCCC[C@H]1C(=O)N(C)[C@@H](CCCC)C(=O)N[C@@H](CCCNC(=N)N)C(=O)N[C@H](C(=O)NCC(N)=O)CSCC(=O)N[C@@H](Cc2ccc(O)cc2)C(=O)N(C)[C@@H](C)C(=O)N[C@@H](CCN)C(=O)N2CCC[C@H]2C(=O)N[C@@H](C)C(=O)N[C@@H](CCC(=O)O)C(=O)N2C[C@H](O)C[C@H]2C(=O)N[C@@H](Cc2c[nH]c3ccccc23)C(=O)N[C@@H](CO)C(=O)N[C@@H](Cc2c[nH]c3ccccc23)C(=O)N1C. The molecule has 43 nitrogen and oxygen atoms in total. The Morgan fingerprint density at radius 3 is 1.70 bits per heavy atom. The number of carboxylic acid groups (broad SMARTS) is 1. The molecule has 0 unspecified atom stereocenters. The van der Waals surface area contributed by atoms with Crippen LogP contribution < -0.4 is 75.7 Å². The van der Waals surface area contributed by atoms with Gasteiger partial charge in [-0.1, -0.05) is 94.5 Å². The molecule has 720 valence electrons. The molecule has 2 aromatic heterocycles. The highest BCUT2D eigenvalue weighted by Crippen LogP contribution is 2.28. The fourth-order valence-electron chi connectivity index (χ4n) is 16.1. The number of nitrogens with one attached hydrogen (secondary N) is 14. The zero-order valence-electron chi connectivity index (χ0n) is 75.2. The Kier molecular flexibility index (Phi) is 39.9. The molecule has 3 aromatic carbocycles. The Morgan fingerprint density at radius 2 is 1.08 bits per heavy atom. The first-order chi connectivity index (χ1) is 62.9. The Bertz CT molecular complexity index is 4940. The molecule has 5 heterocycles. The van der Waals surface area contributed by atoms with E-state index in [0.717, 1.165) is 31.4 Å². The fourth-order valence-corrected chi connectivity index (χ4v) is 17.0. The summed E-state index contributed by atoms with van der Waals surface area (Å²) in [5, 5.41) is 80.3. The average Bonchev–Trinajstić information content (AvgIpc) is 1.46. The molecule has 8 rings (SSSR count). The van der Waals surface area contributed by atoms with Crippen molar-refractivity contribution in [2.75, 3.05) is 72.0 Å². The van der Waals surface area contributed by atoms with Gasteiger partial charge in [0.15, 0.2) is 5.96 Å². The van der Waals surface area contributed by atoms with Crippen molar-refractivity contribution in [2.24, 2.45) is 17.2 Å². The number of nitrogens with two attached hydrogens (primary N) is 3. The highest BCUT2D eigenvalue weighted by atomic mass is 32.2. The van der Waals surface area contributed by atoms with Crippen LogP contribution in [-0.4, -0.2) is 324 Å². The smallest absolute Gasteiger partial charge is 0.303 e. The second kappa shape index (κ2) is 50.4. The van der Waals surface area contributed by atoms with E-state index >= 15 is 28.8 Å². The molecule has 0 saturated carbocycles. The number of H-pyrrole nitrogens is 2. The van der Waals surface area contributed by atoms with Crippen LogP contribution in [0.3, 0.4) is 0 Å². The lowest BCUT2D eigenvalue weighted by Crippen LogP contribution is -2.61. The summed E-state index contributed by atoms with van der Waals surface area (Å²) < 4.78 is 0. The predicted molar refractivity (Wildman–Crippen MR) is 485 cm³/mol. The largest absolute Gasteiger partial charge is 0.508 e. The standard InChI is InChI=1S/C88H126N22O21S/c1-8-10-12-25-69-87(131)107(6)67(24-11-9-2)80(124)99-59(23-17-35-93-88(91)92)77(121)105-66(76(120)96-43-71(90)114)46-132-47-72(115)98-63(37-50-27-29-53(112)30-28-50)83(127)106(5)49(4)75(119)101-61(33-34-89)85(129)109-36-18-26-68(109)81(125)97-48(3)74(118)100-60(31-32-73(116)117)86(130)110-44-54(113)40-70(110)82(126)102-62(38-51-41-94-57-21-15-13-19-55(51)57)78(122)104-65(45-111)79(123)103-64(84(128)108(69)7)39-52-42-95-58-22-16-14-20-56(52)58/h13-16,19-22,27-30,41-42,48-49,54,59-70,94-95,111-113H,8-12,17-18,23-26,31-40,43-47,89H2,1-7H3,(H2,90,114)(H,96,120)(H,97,125)(H,98,115)(H,99,124)(H,100,118)(H,101,119)(H,102,126)(H,103,123)(H,104,122)(H,105,121)(H,116,117)(H4,91,92,93)/t48-,49-,54+,59-,60-,61-,62-,63-,64-,65-,66-,67-,68-,69-,70-/m0/s1. The molecule has 15 atom stereocenters. The number of aliphatic hydroxyl groups is 2. The number of hydrogen-bond donors (Lipinski definition) is 21.